The second kappa shape index (κ2) is 6.84. The molecule has 0 saturated heterocycles. The van der Waals surface area contributed by atoms with E-state index in [1.165, 1.54) is 6.07 Å². The number of benzene rings is 1. The largest absolute Gasteiger partial charge is 0.315 e. The van der Waals surface area contributed by atoms with E-state index in [0.29, 0.717) is 23.2 Å². The molecule has 1 unspecified atom stereocenters. The van der Waals surface area contributed by atoms with Crippen LogP contribution in [0.4, 0.5) is 4.39 Å². The normalized spacial score (nSPS) is 12.8. The van der Waals surface area contributed by atoms with E-state index >= 15 is 0 Å². The Labute approximate surface area is 101 Å². The van der Waals surface area contributed by atoms with Crippen molar-refractivity contribution in [2.45, 2.75) is 26.4 Å². The molecule has 16 heavy (non-hydrogen) atoms. The first-order valence-electron chi connectivity index (χ1n) is 5.51. The fourth-order valence-corrected chi connectivity index (χ4v) is 1.59. The predicted molar refractivity (Wildman–Crippen MR) is 66.3 cm³/mol. The minimum Gasteiger partial charge on any atom is -0.315 e. The van der Waals surface area contributed by atoms with Crippen LogP contribution in [0.15, 0.2) is 18.2 Å². The molecule has 0 spiro atoms. The lowest BCUT2D eigenvalue weighted by Gasteiger charge is -2.14. The summed E-state index contributed by atoms with van der Waals surface area (Å²) in [5.74, 6) is -0.215. The third-order valence-corrected chi connectivity index (χ3v) is 2.58. The van der Waals surface area contributed by atoms with Crippen LogP contribution >= 0.6 is 11.6 Å². The molecule has 4 heteroatoms. The van der Waals surface area contributed by atoms with Gasteiger partial charge in [0.05, 0.1) is 0 Å². The zero-order valence-corrected chi connectivity index (χ0v) is 10.4. The number of halogens is 2. The Morgan fingerprint density at radius 3 is 2.88 bits per heavy atom. The highest BCUT2D eigenvalue weighted by Crippen LogP contribution is 2.14. The maximum atomic E-state index is 13.4. The van der Waals surface area contributed by atoms with Crippen molar-refractivity contribution in [2.24, 2.45) is 0 Å². The summed E-state index contributed by atoms with van der Waals surface area (Å²) in [7, 11) is 0. The highest BCUT2D eigenvalue weighted by Gasteiger charge is 2.05. The predicted octanol–water partition coefficient (Wildman–Crippen LogP) is 2.57. The molecule has 0 aliphatic carbocycles. The third kappa shape index (κ3) is 4.47. The van der Waals surface area contributed by atoms with Crippen molar-refractivity contribution in [3.63, 3.8) is 0 Å². The molecule has 90 valence electrons. The molecule has 1 aromatic carbocycles. The molecule has 0 fully saturated rings. The summed E-state index contributed by atoms with van der Waals surface area (Å²) in [6.45, 7) is 6.43. The standard InChI is InChI=1S/C12H18ClFN2/c1-3-15-7-9(2)16-8-10-6-11(13)4-5-12(10)14/h4-6,9,15-16H,3,7-8H2,1-2H3. The van der Waals surface area contributed by atoms with Crippen LogP contribution in [0.2, 0.25) is 5.02 Å². The topological polar surface area (TPSA) is 24.1 Å². The van der Waals surface area contributed by atoms with E-state index in [0.717, 1.165) is 13.1 Å². The molecule has 0 aliphatic heterocycles. The van der Waals surface area contributed by atoms with Crippen molar-refractivity contribution in [2.75, 3.05) is 13.1 Å². The highest BCUT2D eigenvalue weighted by molar-refractivity contribution is 6.30. The lowest BCUT2D eigenvalue weighted by molar-refractivity contribution is 0.498. The first-order valence-corrected chi connectivity index (χ1v) is 5.89. The summed E-state index contributed by atoms with van der Waals surface area (Å²) >= 11 is 5.81. The van der Waals surface area contributed by atoms with E-state index in [4.69, 9.17) is 11.6 Å². The van der Waals surface area contributed by atoms with E-state index in [1.54, 1.807) is 12.1 Å². The molecule has 0 aromatic heterocycles. The van der Waals surface area contributed by atoms with Crippen LogP contribution < -0.4 is 10.6 Å². The van der Waals surface area contributed by atoms with Crippen LogP contribution in [-0.4, -0.2) is 19.1 Å². The molecule has 0 bridgehead atoms. The summed E-state index contributed by atoms with van der Waals surface area (Å²) < 4.78 is 13.4. The molecular weight excluding hydrogens is 227 g/mol. The van der Waals surface area contributed by atoms with Gasteiger partial charge in [0.25, 0.3) is 0 Å². The van der Waals surface area contributed by atoms with Crippen molar-refractivity contribution >= 4 is 11.6 Å². The lowest BCUT2D eigenvalue weighted by atomic mass is 10.2. The third-order valence-electron chi connectivity index (χ3n) is 2.35. The van der Waals surface area contributed by atoms with Gasteiger partial charge in [-0.05, 0) is 31.7 Å². The molecule has 1 rings (SSSR count). The molecule has 0 saturated carbocycles. The van der Waals surface area contributed by atoms with Crippen LogP contribution in [0, 0.1) is 5.82 Å². The van der Waals surface area contributed by atoms with E-state index < -0.39 is 0 Å². The Hall–Kier alpha value is -0.640. The average Bonchev–Trinajstić information content (AvgIpc) is 2.27. The van der Waals surface area contributed by atoms with E-state index in [-0.39, 0.29) is 5.82 Å². The average molecular weight is 245 g/mol. The van der Waals surface area contributed by atoms with E-state index in [2.05, 4.69) is 24.5 Å². The zero-order valence-electron chi connectivity index (χ0n) is 9.69. The van der Waals surface area contributed by atoms with Crippen molar-refractivity contribution in [1.82, 2.24) is 10.6 Å². The van der Waals surface area contributed by atoms with Crippen LogP contribution in [-0.2, 0) is 6.54 Å². The van der Waals surface area contributed by atoms with Crippen LogP contribution in [0.1, 0.15) is 19.4 Å². The van der Waals surface area contributed by atoms with E-state index in [1.807, 2.05) is 0 Å². The molecule has 0 heterocycles. The Morgan fingerprint density at radius 1 is 1.44 bits per heavy atom. The first-order chi connectivity index (χ1) is 7.63. The van der Waals surface area contributed by atoms with Crippen molar-refractivity contribution in [3.8, 4) is 0 Å². The van der Waals surface area contributed by atoms with Crippen molar-refractivity contribution in [3.05, 3.63) is 34.6 Å². The number of rotatable bonds is 6. The molecule has 0 radical (unpaired) electrons. The second-order valence-corrected chi connectivity index (χ2v) is 4.26. The maximum absolute atomic E-state index is 13.4. The van der Waals surface area contributed by atoms with Gasteiger partial charge in [-0.15, -0.1) is 0 Å². The lowest BCUT2D eigenvalue weighted by Crippen LogP contribution is -2.35. The van der Waals surface area contributed by atoms with Gasteiger partial charge in [0.2, 0.25) is 0 Å². The highest BCUT2D eigenvalue weighted by atomic mass is 35.5. The van der Waals surface area contributed by atoms with Gasteiger partial charge in [0, 0.05) is 29.7 Å². The maximum Gasteiger partial charge on any atom is 0.127 e. The van der Waals surface area contributed by atoms with Gasteiger partial charge < -0.3 is 10.6 Å². The van der Waals surface area contributed by atoms with Crippen LogP contribution in [0.3, 0.4) is 0 Å². The van der Waals surface area contributed by atoms with Gasteiger partial charge in [-0.3, -0.25) is 0 Å². The Kier molecular flexibility index (Phi) is 5.74. The monoisotopic (exact) mass is 244 g/mol. The molecule has 1 atom stereocenters. The smallest absolute Gasteiger partial charge is 0.127 e. The number of hydrogen-bond acceptors (Lipinski definition) is 2. The Bertz CT molecular complexity index is 331. The van der Waals surface area contributed by atoms with Gasteiger partial charge in [-0.1, -0.05) is 18.5 Å². The Morgan fingerprint density at radius 2 is 2.19 bits per heavy atom. The summed E-state index contributed by atoms with van der Waals surface area (Å²) in [4.78, 5) is 0. The SMILES string of the molecule is CCNCC(C)NCc1cc(Cl)ccc1F. The van der Waals surface area contributed by atoms with Gasteiger partial charge in [0.1, 0.15) is 5.82 Å². The molecule has 0 aliphatic rings. The minimum absolute atomic E-state index is 0.215. The summed E-state index contributed by atoms with van der Waals surface area (Å²) in [6.07, 6.45) is 0. The molecule has 0 amide bonds. The molecule has 1 aromatic rings. The van der Waals surface area contributed by atoms with Gasteiger partial charge in [-0.2, -0.15) is 0 Å². The second-order valence-electron chi connectivity index (χ2n) is 3.83. The fourth-order valence-electron chi connectivity index (χ4n) is 1.40. The summed E-state index contributed by atoms with van der Waals surface area (Å²) in [5, 5.41) is 7.04. The molecule has 2 nitrogen and oxygen atoms in total. The van der Waals surface area contributed by atoms with Gasteiger partial charge >= 0.3 is 0 Å². The van der Waals surface area contributed by atoms with E-state index in [9.17, 15) is 4.39 Å². The summed E-state index contributed by atoms with van der Waals surface area (Å²) in [6, 6.07) is 4.92. The van der Waals surface area contributed by atoms with Crippen molar-refractivity contribution < 1.29 is 4.39 Å². The molecule has 2 N–H and O–H groups in total. The minimum atomic E-state index is -0.215. The zero-order chi connectivity index (χ0) is 12.0. The quantitative estimate of drug-likeness (QED) is 0.804. The number of nitrogens with one attached hydrogen (secondary N) is 2. The number of hydrogen-bond donors (Lipinski definition) is 2. The van der Waals surface area contributed by atoms with Crippen molar-refractivity contribution in [1.29, 1.82) is 0 Å². The Balaban J connectivity index is 2.44. The fraction of sp³-hybridized carbons (Fsp3) is 0.500. The van der Waals surface area contributed by atoms with Crippen LogP contribution in [0.5, 0.6) is 0 Å². The van der Waals surface area contributed by atoms with Gasteiger partial charge in [-0.25, -0.2) is 4.39 Å². The summed E-state index contributed by atoms with van der Waals surface area (Å²) in [5.41, 5.74) is 0.607. The first kappa shape index (κ1) is 13.4. The molecular formula is C12H18ClFN2. The van der Waals surface area contributed by atoms with Crippen LogP contribution in [0.25, 0.3) is 0 Å². The van der Waals surface area contributed by atoms with Gasteiger partial charge in [0.15, 0.2) is 0 Å². The number of likely N-dealkylation sites (N-methyl/N-ethyl adjacent to an activating group) is 1.